The lowest BCUT2D eigenvalue weighted by molar-refractivity contribution is -0.146. The molecule has 0 aliphatic heterocycles. The van der Waals surface area contributed by atoms with Crippen molar-refractivity contribution in [2.45, 2.75) is 19.1 Å². The summed E-state index contributed by atoms with van der Waals surface area (Å²) in [6.07, 6.45) is 0.121. The average Bonchev–Trinajstić information content (AvgIpc) is 2.59. The number of carbonyl (C=O) groups excluding carboxylic acids is 1. The van der Waals surface area contributed by atoms with Gasteiger partial charge >= 0.3 is 5.97 Å². The predicted octanol–water partition coefficient (Wildman–Crippen LogP) is 3.51. The Bertz CT molecular complexity index is 641. The predicted molar refractivity (Wildman–Crippen MR) is 81.4 cm³/mol. The minimum absolute atomic E-state index is 0.0969. The second kappa shape index (κ2) is 7.78. The van der Waals surface area contributed by atoms with Crippen LogP contribution in [0.2, 0.25) is 0 Å². The molecule has 0 heterocycles. The highest BCUT2D eigenvalue weighted by Gasteiger charge is 2.21. The van der Waals surface area contributed by atoms with Crippen molar-refractivity contribution in [2.75, 3.05) is 0 Å². The van der Waals surface area contributed by atoms with Gasteiger partial charge in [-0.3, -0.25) is 0 Å². The van der Waals surface area contributed by atoms with E-state index < -0.39 is 12.0 Å². The summed E-state index contributed by atoms with van der Waals surface area (Å²) in [5.74, 6) is -0.670. The quantitative estimate of drug-likeness (QED) is 0.578. The highest BCUT2D eigenvalue weighted by molar-refractivity contribution is 5.76. The van der Waals surface area contributed by atoms with Crippen molar-refractivity contribution in [1.82, 2.24) is 0 Å². The van der Waals surface area contributed by atoms with E-state index in [-0.39, 0.29) is 18.7 Å². The van der Waals surface area contributed by atoms with Crippen molar-refractivity contribution in [3.8, 4) is 0 Å². The van der Waals surface area contributed by atoms with Crippen LogP contribution in [0.5, 0.6) is 0 Å². The molecular formula is C16H14N2O4. The lowest BCUT2D eigenvalue weighted by atomic mass is 10.1. The molecule has 0 radical (unpaired) electrons. The zero-order valence-electron chi connectivity index (χ0n) is 11.7. The van der Waals surface area contributed by atoms with Crippen molar-refractivity contribution in [1.29, 1.82) is 0 Å². The van der Waals surface area contributed by atoms with Crippen LogP contribution in [0.4, 0.5) is 5.69 Å². The Labute approximate surface area is 127 Å². The van der Waals surface area contributed by atoms with Crippen molar-refractivity contribution < 1.29 is 9.53 Å². The molecule has 0 aliphatic rings. The molecule has 0 aromatic heterocycles. The van der Waals surface area contributed by atoms with Crippen molar-refractivity contribution in [2.24, 2.45) is 10.4 Å². The second-order valence-corrected chi connectivity index (χ2v) is 4.68. The van der Waals surface area contributed by atoms with Crippen LogP contribution in [-0.4, -0.2) is 12.0 Å². The van der Waals surface area contributed by atoms with Gasteiger partial charge in [-0.1, -0.05) is 47.6 Å². The number of nitrogens with zero attached hydrogens (tertiary/aromatic N) is 2. The van der Waals surface area contributed by atoms with Gasteiger partial charge in [-0.15, -0.1) is 9.81 Å². The van der Waals surface area contributed by atoms with E-state index in [9.17, 15) is 14.6 Å². The fraction of sp³-hybridized carbons (Fsp3) is 0.188. The molecule has 0 spiro atoms. The Balaban J connectivity index is 1.93. The smallest absolute Gasteiger partial charge is 0.335 e. The molecule has 112 valence electrons. The summed E-state index contributed by atoms with van der Waals surface area (Å²) in [4.78, 5) is 33.1. The Hall–Kier alpha value is -2.89. The number of nitroso groups, excluding NO2 is 2. The van der Waals surface area contributed by atoms with Crippen LogP contribution in [-0.2, 0) is 22.6 Å². The van der Waals surface area contributed by atoms with E-state index in [4.69, 9.17) is 4.74 Å². The number of hydrogen-bond donors (Lipinski definition) is 0. The van der Waals surface area contributed by atoms with Gasteiger partial charge in [0.1, 0.15) is 12.3 Å². The summed E-state index contributed by atoms with van der Waals surface area (Å²) in [5, 5.41) is 5.61. The molecule has 0 bridgehead atoms. The number of benzene rings is 2. The first-order valence-corrected chi connectivity index (χ1v) is 6.68. The summed E-state index contributed by atoms with van der Waals surface area (Å²) >= 11 is 0. The third-order valence-electron chi connectivity index (χ3n) is 3.09. The maximum atomic E-state index is 11.9. The highest BCUT2D eigenvalue weighted by atomic mass is 16.5. The molecule has 0 fully saturated rings. The summed E-state index contributed by atoms with van der Waals surface area (Å²) < 4.78 is 5.10. The molecule has 0 unspecified atom stereocenters. The van der Waals surface area contributed by atoms with Gasteiger partial charge in [0.25, 0.3) is 0 Å². The molecule has 0 saturated carbocycles. The van der Waals surface area contributed by atoms with Crippen LogP contribution in [0.3, 0.4) is 0 Å². The van der Waals surface area contributed by atoms with Gasteiger partial charge in [0, 0.05) is 6.42 Å². The Morgan fingerprint density at radius 1 is 0.955 bits per heavy atom. The zero-order chi connectivity index (χ0) is 15.8. The minimum Gasteiger partial charge on any atom is -0.459 e. The molecule has 2 rings (SSSR count). The topological polar surface area (TPSA) is 85.2 Å². The van der Waals surface area contributed by atoms with E-state index in [1.807, 2.05) is 30.3 Å². The molecule has 0 amide bonds. The fourth-order valence-electron chi connectivity index (χ4n) is 1.90. The zero-order valence-corrected chi connectivity index (χ0v) is 11.7. The van der Waals surface area contributed by atoms with Gasteiger partial charge < -0.3 is 4.74 Å². The maximum absolute atomic E-state index is 11.9. The molecule has 2 aromatic rings. The third-order valence-corrected chi connectivity index (χ3v) is 3.09. The summed E-state index contributed by atoms with van der Waals surface area (Å²) in [6, 6.07) is 14.3. The molecule has 0 aliphatic carbocycles. The van der Waals surface area contributed by atoms with E-state index in [2.05, 4.69) is 10.4 Å². The highest BCUT2D eigenvalue weighted by Crippen LogP contribution is 2.15. The molecular weight excluding hydrogens is 284 g/mol. The van der Waals surface area contributed by atoms with Crippen molar-refractivity contribution >= 4 is 11.7 Å². The standard InChI is InChI=1S/C16H14N2O4/c19-16(22-11-13-4-2-1-3-5-13)15(18-21)10-12-6-8-14(17-20)9-7-12/h1-9,15H,10-11H2/t15-/m0/s1. The van der Waals surface area contributed by atoms with E-state index >= 15 is 0 Å². The van der Waals surface area contributed by atoms with E-state index in [0.29, 0.717) is 5.56 Å². The third kappa shape index (κ3) is 4.31. The maximum Gasteiger partial charge on any atom is 0.335 e. The van der Waals surface area contributed by atoms with Crippen LogP contribution in [0.15, 0.2) is 65.0 Å². The Kier molecular flexibility index (Phi) is 5.48. The summed E-state index contributed by atoms with van der Waals surface area (Å²) in [6.45, 7) is 0.0969. The first-order chi connectivity index (χ1) is 10.7. The van der Waals surface area contributed by atoms with E-state index in [1.54, 1.807) is 12.1 Å². The van der Waals surface area contributed by atoms with E-state index in [0.717, 1.165) is 5.56 Å². The average molecular weight is 298 g/mol. The summed E-state index contributed by atoms with van der Waals surface area (Å²) in [5.41, 5.74) is 1.82. The van der Waals surface area contributed by atoms with Crippen LogP contribution in [0, 0.1) is 9.81 Å². The Morgan fingerprint density at radius 2 is 1.64 bits per heavy atom. The first-order valence-electron chi connectivity index (χ1n) is 6.68. The van der Waals surface area contributed by atoms with Crippen LogP contribution >= 0.6 is 0 Å². The van der Waals surface area contributed by atoms with Gasteiger partial charge in [-0.05, 0) is 28.4 Å². The largest absolute Gasteiger partial charge is 0.459 e. The number of hydrogen-bond acceptors (Lipinski definition) is 6. The van der Waals surface area contributed by atoms with Gasteiger partial charge in [0.15, 0.2) is 6.04 Å². The lowest BCUT2D eigenvalue weighted by Crippen LogP contribution is -2.23. The molecule has 1 atom stereocenters. The van der Waals surface area contributed by atoms with Gasteiger partial charge in [-0.25, -0.2) is 4.79 Å². The van der Waals surface area contributed by atoms with Crippen LogP contribution < -0.4 is 0 Å². The Morgan fingerprint density at radius 3 is 2.23 bits per heavy atom. The monoisotopic (exact) mass is 298 g/mol. The molecule has 6 heteroatoms. The van der Waals surface area contributed by atoms with Gasteiger partial charge in [-0.2, -0.15) is 0 Å². The van der Waals surface area contributed by atoms with Gasteiger partial charge in [0.05, 0.1) is 0 Å². The van der Waals surface area contributed by atoms with Crippen molar-refractivity contribution in [3.63, 3.8) is 0 Å². The lowest BCUT2D eigenvalue weighted by Gasteiger charge is -2.10. The van der Waals surface area contributed by atoms with E-state index in [1.165, 1.54) is 12.1 Å². The minimum atomic E-state index is -1.11. The number of esters is 1. The molecule has 2 aromatic carbocycles. The SMILES string of the molecule is O=Nc1ccc(C[C@H](N=O)C(=O)OCc2ccccc2)cc1. The number of ether oxygens (including phenoxy) is 1. The van der Waals surface area contributed by atoms with Crippen LogP contribution in [0.1, 0.15) is 11.1 Å². The fourth-order valence-corrected chi connectivity index (χ4v) is 1.90. The van der Waals surface area contributed by atoms with Gasteiger partial charge in [0.2, 0.25) is 0 Å². The van der Waals surface area contributed by atoms with Crippen molar-refractivity contribution in [3.05, 3.63) is 75.5 Å². The summed E-state index contributed by atoms with van der Waals surface area (Å²) in [7, 11) is 0. The molecule has 0 N–H and O–H groups in total. The van der Waals surface area contributed by atoms with Crippen LogP contribution in [0.25, 0.3) is 0 Å². The number of carbonyl (C=O) groups is 1. The molecule has 6 nitrogen and oxygen atoms in total. The first kappa shape index (κ1) is 15.5. The number of rotatable bonds is 7. The second-order valence-electron chi connectivity index (χ2n) is 4.68. The normalized spacial score (nSPS) is 11.5. The molecule has 22 heavy (non-hydrogen) atoms. The molecule has 0 saturated heterocycles.